The van der Waals surface area contributed by atoms with Gasteiger partial charge in [0, 0.05) is 0 Å². The second-order valence-corrected chi connectivity index (χ2v) is 5.69. The van der Waals surface area contributed by atoms with Crippen molar-refractivity contribution >= 4 is 11.7 Å². The van der Waals surface area contributed by atoms with Gasteiger partial charge in [0.15, 0.2) is 5.84 Å². The van der Waals surface area contributed by atoms with Gasteiger partial charge in [0.05, 0.1) is 18.1 Å². The number of carbonyl (C=O) groups excluding carboxylic acids is 1. The number of hydrogen-bond acceptors (Lipinski definition) is 4. The van der Waals surface area contributed by atoms with Crippen molar-refractivity contribution in [1.29, 1.82) is 0 Å². The lowest BCUT2D eigenvalue weighted by molar-refractivity contribution is -0.128. The van der Waals surface area contributed by atoms with Crippen LogP contribution in [0.15, 0.2) is 5.16 Å². The molecule has 4 unspecified atom stereocenters. The molecule has 0 spiro atoms. The smallest absolute Gasteiger partial charge is 0.226 e. The van der Waals surface area contributed by atoms with Gasteiger partial charge in [0.2, 0.25) is 5.91 Å². The molecule has 0 bridgehead atoms. The van der Waals surface area contributed by atoms with Crippen LogP contribution in [0, 0.1) is 11.8 Å². The monoisotopic (exact) mass is 285 g/mol. The third kappa shape index (κ3) is 2.90. The van der Waals surface area contributed by atoms with Gasteiger partial charge in [-0.1, -0.05) is 25.9 Å². The van der Waals surface area contributed by atoms with Gasteiger partial charge in [-0.3, -0.25) is 4.79 Å². The summed E-state index contributed by atoms with van der Waals surface area (Å²) in [5.74, 6) is -0.120. The predicted molar refractivity (Wildman–Crippen MR) is 77.5 cm³/mol. The highest BCUT2D eigenvalue weighted by Gasteiger charge is 2.44. The maximum atomic E-state index is 12.6. The van der Waals surface area contributed by atoms with E-state index in [1.165, 1.54) is 0 Å². The second kappa shape index (κ2) is 6.43. The third-order valence-corrected chi connectivity index (χ3v) is 4.71. The maximum absolute atomic E-state index is 12.6. The summed E-state index contributed by atoms with van der Waals surface area (Å²) in [6.45, 7) is 9.71. The number of carbonyl (C=O) groups is 1. The molecule has 1 heterocycles. The Labute approximate surface area is 120 Å². The van der Waals surface area contributed by atoms with Crippen LogP contribution in [-0.2, 0) is 9.53 Å². The lowest BCUT2D eigenvalue weighted by atomic mass is 9.85. The summed E-state index contributed by atoms with van der Waals surface area (Å²) in [7, 11) is 0. The minimum absolute atomic E-state index is 0.0446. The minimum atomic E-state index is -0.795. The van der Waals surface area contributed by atoms with Gasteiger partial charge >= 0.3 is 0 Å². The molecule has 0 radical (unpaired) electrons. The first-order chi connectivity index (χ1) is 9.32. The van der Waals surface area contributed by atoms with E-state index < -0.39 is 5.54 Å². The van der Waals surface area contributed by atoms with Crippen molar-refractivity contribution in [3.8, 4) is 0 Å². The van der Waals surface area contributed by atoms with E-state index in [0.29, 0.717) is 12.8 Å². The van der Waals surface area contributed by atoms with Gasteiger partial charge < -0.3 is 21.0 Å². The maximum Gasteiger partial charge on any atom is 0.226 e. The quantitative estimate of drug-likeness (QED) is 0.308. The number of nitrogens with one attached hydrogen (secondary N) is 1. The highest BCUT2D eigenvalue weighted by Crippen LogP contribution is 2.33. The van der Waals surface area contributed by atoms with E-state index in [-0.39, 0.29) is 35.8 Å². The van der Waals surface area contributed by atoms with Gasteiger partial charge in [0.25, 0.3) is 0 Å². The van der Waals surface area contributed by atoms with E-state index in [1.54, 1.807) is 0 Å². The number of amides is 1. The zero-order valence-corrected chi connectivity index (χ0v) is 13.0. The van der Waals surface area contributed by atoms with Gasteiger partial charge in [-0.15, -0.1) is 0 Å². The number of ether oxygens (including phenoxy) is 1. The molecule has 0 aromatic heterocycles. The summed E-state index contributed by atoms with van der Waals surface area (Å²) >= 11 is 0. The number of hydrogen-bond donors (Lipinski definition) is 3. The van der Waals surface area contributed by atoms with E-state index in [1.807, 2.05) is 34.6 Å². The molecule has 6 nitrogen and oxygen atoms in total. The molecule has 4 atom stereocenters. The molecule has 1 aliphatic rings. The van der Waals surface area contributed by atoms with Gasteiger partial charge in [-0.2, -0.15) is 0 Å². The van der Waals surface area contributed by atoms with Crippen molar-refractivity contribution in [2.75, 3.05) is 0 Å². The van der Waals surface area contributed by atoms with Crippen molar-refractivity contribution in [1.82, 2.24) is 5.32 Å². The molecule has 1 rings (SSSR count). The number of nitrogens with zero attached hydrogens (tertiary/aromatic N) is 1. The summed E-state index contributed by atoms with van der Waals surface area (Å²) in [4.78, 5) is 12.6. The summed E-state index contributed by atoms with van der Waals surface area (Å²) in [5, 5.41) is 15.0. The number of nitrogens with two attached hydrogens (primary N) is 1. The van der Waals surface area contributed by atoms with Crippen LogP contribution in [0.4, 0.5) is 0 Å². The molecule has 0 aromatic carbocycles. The van der Waals surface area contributed by atoms with Crippen LogP contribution in [0.1, 0.15) is 47.5 Å². The Hall–Kier alpha value is -1.30. The van der Waals surface area contributed by atoms with Crippen molar-refractivity contribution in [2.45, 2.75) is 65.2 Å². The third-order valence-electron chi connectivity index (χ3n) is 4.71. The zero-order valence-electron chi connectivity index (χ0n) is 13.0. The summed E-state index contributed by atoms with van der Waals surface area (Å²) in [6, 6.07) is 0. The molecule has 1 aliphatic heterocycles. The molecular formula is C14H27N3O3. The molecule has 4 N–H and O–H groups in total. The highest BCUT2D eigenvalue weighted by atomic mass is 16.5. The van der Waals surface area contributed by atoms with E-state index in [2.05, 4.69) is 10.5 Å². The molecule has 116 valence electrons. The molecule has 6 heteroatoms. The first kappa shape index (κ1) is 16.8. The Morgan fingerprint density at radius 2 is 1.85 bits per heavy atom. The average Bonchev–Trinajstić information content (AvgIpc) is 2.68. The van der Waals surface area contributed by atoms with Crippen molar-refractivity contribution in [3.63, 3.8) is 0 Å². The normalized spacial score (nSPS) is 31.4. The Morgan fingerprint density at radius 1 is 1.30 bits per heavy atom. The fraction of sp³-hybridized carbons (Fsp3) is 0.857. The van der Waals surface area contributed by atoms with E-state index in [9.17, 15) is 4.79 Å². The highest BCUT2D eigenvalue weighted by molar-refractivity contribution is 5.94. The predicted octanol–water partition coefficient (Wildman–Crippen LogP) is 1.47. The van der Waals surface area contributed by atoms with Crippen molar-refractivity contribution < 1.29 is 14.7 Å². The van der Waals surface area contributed by atoms with Crippen LogP contribution in [0.3, 0.4) is 0 Å². The average molecular weight is 285 g/mol. The molecule has 0 saturated carbocycles. The SMILES string of the molecule is CCC(CC)(NC(=O)C1C(C)OC(C)C1C)C(N)=NO. The minimum Gasteiger partial charge on any atom is -0.409 e. The summed E-state index contributed by atoms with van der Waals surface area (Å²) in [5.41, 5.74) is 4.98. The summed E-state index contributed by atoms with van der Waals surface area (Å²) < 4.78 is 5.70. The molecule has 0 aliphatic carbocycles. The van der Waals surface area contributed by atoms with Crippen LogP contribution < -0.4 is 11.1 Å². The van der Waals surface area contributed by atoms with E-state index in [4.69, 9.17) is 15.7 Å². The molecular weight excluding hydrogens is 258 g/mol. The summed E-state index contributed by atoms with van der Waals surface area (Å²) in [6.07, 6.45) is 1.06. The number of rotatable bonds is 5. The Balaban J connectivity index is 2.92. The zero-order chi connectivity index (χ0) is 15.5. The molecule has 1 fully saturated rings. The fourth-order valence-electron chi connectivity index (χ4n) is 2.99. The van der Waals surface area contributed by atoms with Crippen LogP contribution in [0.5, 0.6) is 0 Å². The molecule has 1 amide bonds. The largest absolute Gasteiger partial charge is 0.409 e. The second-order valence-electron chi connectivity index (χ2n) is 5.69. The Bertz CT molecular complexity index is 380. The lowest BCUT2D eigenvalue weighted by Gasteiger charge is -2.33. The van der Waals surface area contributed by atoms with Gasteiger partial charge in [-0.05, 0) is 32.6 Å². The first-order valence-corrected chi connectivity index (χ1v) is 7.28. The van der Waals surface area contributed by atoms with Gasteiger partial charge in [0.1, 0.15) is 5.54 Å². The van der Waals surface area contributed by atoms with E-state index >= 15 is 0 Å². The molecule has 0 aromatic rings. The van der Waals surface area contributed by atoms with Crippen LogP contribution in [0.25, 0.3) is 0 Å². The molecule has 1 saturated heterocycles. The Morgan fingerprint density at radius 3 is 2.20 bits per heavy atom. The van der Waals surface area contributed by atoms with Crippen LogP contribution >= 0.6 is 0 Å². The fourth-order valence-corrected chi connectivity index (χ4v) is 2.99. The van der Waals surface area contributed by atoms with Crippen LogP contribution in [-0.4, -0.2) is 34.7 Å². The standard InChI is InChI=1S/C14H27N3O3/c1-6-14(7-2,13(15)17-19)16-12(18)11-8(3)9(4)20-10(11)5/h8-11,19H,6-7H2,1-5H3,(H2,15,17)(H,16,18). The Kier molecular flexibility index (Phi) is 5.39. The van der Waals surface area contributed by atoms with E-state index in [0.717, 1.165) is 0 Å². The lowest BCUT2D eigenvalue weighted by Crippen LogP contribution is -2.59. The topological polar surface area (TPSA) is 96.9 Å². The van der Waals surface area contributed by atoms with Crippen LogP contribution in [0.2, 0.25) is 0 Å². The number of oxime groups is 1. The molecule has 20 heavy (non-hydrogen) atoms. The van der Waals surface area contributed by atoms with Crippen molar-refractivity contribution in [2.24, 2.45) is 22.7 Å². The number of amidine groups is 1. The van der Waals surface area contributed by atoms with Crippen molar-refractivity contribution in [3.05, 3.63) is 0 Å². The van der Waals surface area contributed by atoms with Gasteiger partial charge in [-0.25, -0.2) is 0 Å². The first-order valence-electron chi connectivity index (χ1n) is 7.28.